The van der Waals surface area contributed by atoms with E-state index in [0.717, 1.165) is 6.42 Å². The topological polar surface area (TPSA) is 78.9 Å². The number of amides is 2. The summed E-state index contributed by atoms with van der Waals surface area (Å²) in [7, 11) is 0. The van der Waals surface area contributed by atoms with Crippen molar-refractivity contribution in [1.82, 2.24) is 10.2 Å². The maximum atomic E-state index is 11.7. The molecule has 100 valence electrons. The molecule has 0 aliphatic heterocycles. The van der Waals surface area contributed by atoms with Crippen molar-refractivity contribution in [2.45, 2.75) is 33.2 Å². The van der Waals surface area contributed by atoms with Gasteiger partial charge in [0.15, 0.2) is 0 Å². The molecule has 0 bridgehead atoms. The van der Waals surface area contributed by atoms with E-state index in [1.165, 1.54) is 0 Å². The second kappa shape index (κ2) is 8.81. The van der Waals surface area contributed by atoms with Gasteiger partial charge < -0.3 is 20.1 Å². The molecule has 0 aromatic heterocycles. The molecule has 0 saturated heterocycles. The first-order chi connectivity index (χ1) is 8.02. The van der Waals surface area contributed by atoms with Crippen LogP contribution >= 0.6 is 0 Å². The van der Waals surface area contributed by atoms with Gasteiger partial charge in [0.1, 0.15) is 6.61 Å². The zero-order valence-electron chi connectivity index (χ0n) is 10.7. The summed E-state index contributed by atoms with van der Waals surface area (Å²) in [6, 6.07) is 0.0562. The van der Waals surface area contributed by atoms with Crippen molar-refractivity contribution >= 4 is 12.0 Å². The van der Waals surface area contributed by atoms with Gasteiger partial charge in [0, 0.05) is 19.1 Å². The van der Waals surface area contributed by atoms with Crippen LogP contribution in [-0.2, 0) is 9.53 Å². The highest BCUT2D eigenvalue weighted by Gasteiger charge is 2.15. The van der Waals surface area contributed by atoms with Crippen molar-refractivity contribution in [2.24, 2.45) is 0 Å². The molecule has 0 rings (SSSR count). The van der Waals surface area contributed by atoms with Crippen molar-refractivity contribution in [3.05, 3.63) is 0 Å². The smallest absolute Gasteiger partial charge is 0.329 e. The third kappa shape index (κ3) is 6.78. The number of urea groups is 1. The standard InChI is InChI=1S/C11H22N2O4/c1-4-9(3)13(5-2)11(16)12-6-7-17-8-10(14)15/h9H,4-8H2,1-3H3,(H,12,16)(H,14,15). The lowest BCUT2D eigenvalue weighted by Gasteiger charge is -2.27. The number of carboxylic acid groups (broad SMARTS) is 1. The normalized spacial score (nSPS) is 11.9. The van der Waals surface area contributed by atoms with E-state index in [-0.39, 0.29) is 25.3 Å². The van der Waals surface area contributed by atoms with Gasteiger partial charge in [0.25, 0.3) is 0 Å². The Morgan fingerprint density at radius 3 is 2.53 bits per heavy atom. The van der Waals surface area contributed by atoms with Gasteiger partial charge in [0.05, 0.1) is 6.61 Å². The lowest BCUT2D eigenvalue weighted by atomic mass is 10.2. The number of nitrogens with one attached hydrogen (secondary N) is 1. The summed E-state index contributed by atoms with van der Waals surface area (Å²) in [4.78, 5) is 23.6. The molecule has 0 aliphatic rings. The van der Waals surface area contributed by atoms with Gasteiger partial charge in [-0.1, -0.05) is 6.92 Å². The first-order valence-electron chi connectivity index (χ1n) is 5.86. The van der Waals surface area contributed by atoms with Gasteiger partial charge in [0.2, 0.25) is 0 Å². The molecule has 0 aromatic rings. The summed E-state index contributed by atoms with van der Waals surface area (Å²) >= 11 is 0. The lowest BCUT2D eigenvalue weighted by molar-refractivity contribution is -0.142. The van der Waals surface area contributed by atoms with Crippen LogP contribution < -0.4 is 5.32 Å². The number of carboxylic acids is 1. The van der Waals surface area contributed by atoms with E-state index in [4.69, 9.17) is 9.84 Å². The van der Waals surface area contributed by atoms with Gasteiger partial charge in [-0.15, -0.1) is 0 Å². The van der Waals surface area contributed by atoms with Crippen LogP contribution in [0.3, 0.4) is 0 Å². The molecular formula is C11H22N2O4. The number of hydrogen-bond acceptors (Lipinski definition) is 3. The molecule has 0 heterocycles. The zero-order valence-corrected chi connectivity index (χ0v) is 10.7. The Morgan fingerprint density at radius 1 is 1.41 bits per heavy atom. The van der Waals surface area contributed by atoms with E-state index >= 15 is 0 Å². The van der Waals surface area contributed by atoms with Gasteiger partial charge in [-0.25, -0.2) is 9.59 Å². The minimum absolute atomic E-state index is 0.138. The molecule has 0 aliphatic carbocycles. The maximum Gasteiger partial charge on any atom is 0.329 e. The number of carbonyl (C=O) groups excluding carboxylic acids is 1. The van der Waals surface area contributed by atoms with Crippen molar-refractivity contribution in [3.8, 4) is 0 Å². The van der Waals surface area contributed by atoms with Crippen molar-refractivity contribution in [3.63, 3.8) is 0 Å². The summed E-state index contributed by atoms with van der Waals surface area (Å²) in [6.45, 7) is 6.78. The summed E-state index contributed by atoms with van der Waals surface area (Å²) in [5, 5.41) is 11.0. The van der Waals surface area contributed by atoms with Crippen LogP contribution in [0, 0.1) is 0 Å². The Kier molecular flexibility index (Phi) is 8.13. The fraction of sp³-hybridized carbons (Fsp3) is 0.818. The van der Waals surface area contributed by atoms with E-state index in [1.54, 1.807) is 4.90 Å². The Morgan fingerprint density at radius 2 is 2.06 bits per heavy atom. The van der Waals surface area contributed by atoms with Crippen LogP contribution in [0.4, 0.5) is 4.79 Å². The van der Waals surface area contributed by atoms with E-state index < -0.39 is 5.97 Å². The number of rotatable bonds is 8. The molecule has 0 fully saturated rings. The number of carbonyl (C=O) groups is 2. The average molecular weight is 246 g/mol. The van der Waals surface area contributed by atoms with Crippen molar-refractivity contribution in [2.75, 3.05) is 26.3 Å². The van der Waals surface area contributed by atoms with Crippen LogP contribution in [-0.4, -0.2) is 54.4 Å². The number of aliphatic carboxylic acids is 1. The van der Waals surface area contributed by atoms with E-state index in [0.29, 0.717) is 13.1 Å². The fourth-order valence-corrected chi connectivity index (χ4v) is 1.37. The quantitative estimate of drug-likeness (QED) is 0.624. The second-order valence-corrected chi connectivity index (χ2v) is 3.72. The fourth-order valence-electron chi connectivity index (χ4n) is 1.37. The number of nitrogens with zero attached hydrogens (tertiary/aromatic N) is 1. The SMILES string of the molecule is CCC(C)N(CC)C(=O)NCCOCC(=O)O. The van der Waals surface area contributed by atoms with Crippen molar-refractivity contribution in [1.29, 1.82) is 0 Å². The molecule has 17 heavy (non-hydrogen) atoms. The summed E-state index contributed by atoms with van der Waals surface area (Å²) in [5.74, 6) is -1.01. The number of hydrogen-bond donors (Lipinski definition) is 2. The lowest BCUT2D eigenvalue weighted by Crippen LogP contribution is -2.45. The highest BCUT2D eigenvalue weighted by Crippen LogP contribution is 2.02. The van der Waals surface area contributed by atoms with E-state index in [2.05, 4.69) is 5.32 Å². The van der Waals surface area contributed by atoms with E-state index in [9.17, 15) is 9.59 Å². The highest BCUT2D eigenvalue weighted by atomic mass is 16.5. The van der Waals surface area contributed by atoms with Gasteiger partial charge in [-0.3, -0.25) is 0 Å². The second-order valence-electron chi connectivity index (χ2n) is 3.72. The van der Waals surface area contributed by atoms with Crippen LogP contribution in [0.2, 0.25) is 0 Å². The van der Waals surface area contributed by atoms with Crippen LogP contribution in [0.1, 0.15) is 27.2 Å². The first kappa shape index (κ1) is 15.7. The molecule has 6 heteroatoms. The molecule has 2 N–H and O–H groups in total. The predicted molar refractivity (Wildman–Crippen MR) is 64.0 cm³/mol. The third-order valence-electron chi connectivity index (χ3n) is 2.47. The molecular weight excluding hydrogens is 224 g/mol. The van der Waals surface area contributed by atoms with Gasteiger partial charge in [-0.2, -0.15) is 0 Å². The van der Waals surface area contributed by atoms with Crippen LogP contribution in [0.25, 0.3) is 0 Å². The first-order valence-corrected chi connectivity index (χ1v) is 5.86. The largest absolute Gasteiger partial charge is 0.480 e. The van der Waals surface area contributed by atoms with Crippen molar-refractivity contribution < 1.29 is 19.4 Å². The molecule has 0 spiro atoms. The molecule has 1 atom stereocenters. The maximum absolute atomic E-state index is 11.7. The van der Waals surface area contributed by atoms with Gasteiger partial charge in [-0.05, 0) is 20.3 Å². The van der Waals surface area contributed by atoms with Crippen LogP contribution in [0.5, 0.6) is 0 Å². The molecule has 0 saturated carbocycles. The molecule has 1 unspecified atom stereocenters. The third-order valence-corrected chi connectivity index (χ3v) is 2.47. The predicted octanol–water partition coefficient (Wildman–Crippen LogP) is 0.918. The molecule has 6 nitrogen and oxygen atoms in total. The average Bonchev–Trinajstić information content (AvgIpc) is 2.28. The molecule has 0 aromatic carbocycles. The highest BCUT2D eigenvalue weighted by molar-refractivity contribution is 5.74. The Hall–Kier alpha value is -1.30. The summed E-state index contributed by atoms with van der Waals surface area (Å²) in [5.41, 5.74) is 0. The minimum Gasteiger partial charge on any atom is -0.480 e. The number of ether oxygens (including phenoxy) is 1. The monoisotopic (exact) mass is 246 g/mol. The summed E-state index contributed by atoms with van der Waals surface area (Å²) < 4.78 is 4.81. The van der Waals surface area contributed by atoms with Gasteiger partial charge >= 0.3 is 12.0 Å². The molecule has 0 radical (unpaired) electrons. The van der Waals surface area contributed by atoms with Crippen LogP contribution in [0.15, 0.2) is 0 Å². The zero-order chi connectivity index (χ0) is 13.3. The summed E-state index contributed by atoms with van der Waals surface area (Å²) in [6.07, 6.45) is 0.900. The minimum atomic E-state index is -1.01. The Labute approximate surface area is 102 Å². The Balaban J connectivity index is 3.79. The molecule has 2 amide bonds. The van der Waals surface area contributed by atoms with E-state index in [1.807, 2.05) is 20.8 Å². The Bertz CT molecular complexity index is 246.